The molecule has 0 radical (unpaired) electrons. The molecular formula is C11H13FN2OS. The molecule has 86 valence electrons. The molecule has 1 saturated heterocycles. The van der Waals surface area contributed by atoms with Crippen molar-refractivity contribution >= 4 is 23.4 Å². The van der Waals surface area contributed by atoms with E-state index in [1.54, 1.807) is 18.0 Å². The zero-order chi connectivity index (χ0) is 11.7. The van der Waals surface area contributed by atoms with Gasteiger partial charge >= 0.3 is 0 Å². The van der Waals surface area contributed by atoms with Gasteiger partial charge in [-0.25, -0.2) is 4.39 Å². The maximum absolute atomic E-state index is 12.8. The van der Waals surface area contributed by atoms with Gasteiger partial charge in [-0.15, -0.1) is 11.8 Å². The van der Waals surface area contributed by atoms with Gasteiger partial charge in [0.15, 0.2) is 0 Å². The molecule has 3 nitrogen and oxygen atoms in total. The van der Waals surface area contributed by atoms with E-state index < -0.39 is 0 Å². The number of nitrogen functional groups attached to an aromatic ring is 1. The molecule has 1 amide bonds. The zero-order valence-electron chi connectivity index (χ0n) is 8.94. The molecule has 1 aliphatic heterocycles. The van der Waals surface area contributed by atoms with E-state index in [-0.39, 0.29) is 17.0 Å². The molecule has 1 aromatic rings. The second kappa shape index (κ2) is 4.33. The van der Waals surface area contributed by atoms with Crippen LogP contribution in [0.2, 0.25) is 0 Å². The summed E-state index contributed by atoms with van der Waals surface area (Å²) in [6.07, 6.45) is 0.816. The third kappa shape index (κ3) is 2.14. The van der Waals surface area contributed by atoms with E-state index in [0.717, 1.165) is 17.9 Å². The van der Waals surface area contributed by atoms with E-state index in [9.17, 15) is 9.18 Å². The van der Waals surface area contributed by atoms with E-state index in [1.807, 2.05) is 0 Å². The summed E-state index contributed by atoms with van der Waals surface area (Å²) in [6, 6.07) is 4.27. The predicted octanol–water partition coefficient (Wildman–Crippen LogP) is 1.73. The number of amides is 1. The Labute approximate surface area is 97.8 Å². The number of nitrogens with zero attached hydrogens (tertiary/aromatic N) is 1. The van der Waals surface area contributed by atoms with E-state index >= 15 is 0 Å². The summed E-state index contributed by atoms with van der Waals surface area (Å²) in [5.41, 5.74) is 6.09. The summed E-state index contributed by atoms with van der Waals surface area (Å²) in [5, 5.41) is -0.0854. The number of hydrogen-bond acceptors (Lipinski definition) is 3. The fourth-order valence-electron chi connectivity index (χ4n) is 1.68. The van der Waals surface area contributed by atoms with Gasteiger partial charge in [-0.2, -0.15) is 0 Å². The first-order chi connectivity index (χ1) is 7.58. The van der Waals surface area contributed by atoms with Crippen molar-refractivity contribution in [3.8, 4) is 0 Å². The third-order valence-electron chi connectivity index (χ3n) is 2.62. The van der Waals surface area contributed by atoms with Crippen LogP contribution in [0.5, 0.6) is 0 Å². The van der Waals surface area contributed by atoms with Crippen molar-refractivity contribution in [2.75, 3.05) is 19.3 Å². The first-order valence-corrected chi connectivity index (χ1v) is 5.92. The maximum atomic E-state index is 12.8. The topological polar surface area (TPSA) is 46.3 Å². The Morgan fingerprint density at radius 3 is 2.88 bits per heavy atom. The van der Waals surface area contributed by atoms with Crippen LogP contribution in [0.25, 0.3) is 0 Å². The zero-order valence-corrected chi connectivity index (χ0v) is 9.76. The summed E-state index contributed by atoms with van der Waals surface area (Å²) < 4.78 is 12.8. The highest BCUT2D eigenvalue weighted by Crippen LogP contribution is 2.33. The van der Waals surface area contributed by atoms with E-state index in [2.05, 4.69) is 0 Å². The number of rotatable bonds is 2. The average molecular weight is 240 g/mol. The minimum atomic E-state index is -0.350. The van der Waals surface area contributed by atoms with Gasteiger partial charge in [-0.1, -0.05) is 0 Å². The average Bonchev–Trinajstić information content (AvgIpc) is 2.54. The van der Waals surface area contributed by atoms with Gasteiger partial charge in [0.05, 0.1) is 5.25 Å². The standard InChI is InChI=1S/C11H13FN2OS/c1-14-5-4-10(11(14)15)16-9-3-2-7(12)6-8(9)13/h2-3,6,10H,4-5,13H2,1H3/t10-/m1/s1. The second-order valence-electron chi connectivity index (χ2n) is 3.84. The number of benzene rings is 1. The molecule has 0 bridgehead atoms. The van der Waals surface area contributed by atoms with Gasteiger partial charge in [0.2, 0.25) is 5.91 Å². The summed E-state index contributed by atoms with van der Waals surface area (Å²) in [6.45, 7) is 0.775. The molecule has 1 fully saturated rings. The second-order valence-corrected chi connectivity index (χ2v) is 5.08. The molecule has 1 aromatic carbocycles. The highest BCUT2D eigenvalue weighted by molar-refractivity contribution is 8.00. The van der Waals surface area contributed by atoms with Crippen LogP contribution in [0.15, 0.2) is 23.1 Å². The fraction of sp³-hybridized carbons (Fsp3) is 0.364. The number of halogens is 1. The van der Waals surface area contributed by atoms with E-state index in [4.69, 9.17) is 5.73 Å². The van der Waals surface area contributed by atoms with Crippen molar-refractivity contribution < 1.29 is 9.18 Å². The molecule has 0 spiro atoms. The number of likely N-dealkylation sites (tertiary alicyclic amines) is 1. The van der Waals surface area contributed by atoms with Crippen molar-refractivity contribution in [3.63, 3.8) is 0 Å². The molecular weight excluding hydrogens is 227 g/mol. The van der Waals surface area contributed by atoms with Crippen LogP contribution < -0.4 is 5.73 Å². The van der Waals surface area contributed by atoms with Crippen molar-refractivity contribution in [2.45, 2.75) is 16.6 Å². The van der Waals surface area contributed by atoms with Gasteiger partial charge < -0.3 is 10.6 Å². The number of hydrogen-bond donors (Lipinski definition) is 1. The molecule has 2 N–H and O–H groups in total. The summed E-state index contributed by atoms with van der Waals surface area (Å²) in [7, 11) is 1.79. The lowest BCUT2D eigenvalue weighted by Gasteiger charge is -2.11. The molecule has 0 aliphatic carbocycles. The normalized spacial score (nSPS) is 20.5. The Kier molecular flexibility index (Phi) is 3.05. The molecule has 1 heterocycles. The number of anilines is 1. The monoisotopic (exact) mass is 240 g/mol. The molecule has 5 heteroatoms. The molecule has 2 rings (SSSR count). The van der Waals surface area contributed by atoms with Crippen molar-refractivity contribution in [1.29, 1.82) is 0 Å². The molecule has 16 heavy (non-hydrogen) atoms. The summed E-state index contributed by atoms with van der Waals surface area (Å²) in [4.78, 5) is 14.2. The van der Waals surface area contributed by atoms with Crippen LogP contribution in [0.4, 0.5) is 10.1 Å². The number of thioether (sulfide) groups is 1. The van der Waals surface area contributed by atoms with Crippen LogP contribution in [0.3, 0.4) is 0 Å². The van der Waals surface area contributed by atoms with Gasteiger partial charge in [0.25, 0.3) is 0 Å². The Balaban J connectivity index is 2.12. The Morgan fingerprint density at radius 1 is 1.56 bits per heavy atom. The largest absolute Gasteiger partial charge is 0.398 e. The van der Waals surface area contributed by atoms with Crippen LogP contribution in [0.1, 0.15) is 6.42 Å². The quantitative estimate of drug-likeness (QED) is 0.801. The highest BCUT2D eigenvalue weighted by atomic mass is 32.2. The van der Waals surface area contributed by atoms with Crippen LogP contribution >= 0.6 is 11.8 Å². The summed E-state index contributed by atoms with van der Waals surface area (Å²) in [5.74, 6) is -0.231. The molecule has 0 unspecified atom stereocenters. The summed E-state index contributed by atoms with van der Waals surface area (Å²) >= 11 is 1.42. The lowest BCUT2D eigenvalue weighted by Crippen LogP contribution is -2.23. The molecule has 0 saturated carbocycles. The number of nitrogens with two attached hydrogens (primary N) is 1. The van der Waals surface area contributed by atoms with Gasteiger partial charge in [-0.3, -0.25) is 4.79 Å². The maximum Gasteiger partial charge on any atom is 0.235 e. The Morgan fingerprint density at radius 2 is 2.31 bits per heavy atom. The van der Waals surface area contributed by atoms with Crippen LogP contribution in [-0.4, -0.2) is 29.6 Å². The molecule has 1 aliphatic rings. The van der Waals surface area contributed by atoms with Crippen molar-refractivity contribution in [1.82, 2.24) is 4.90 Å². The van der Waals surface area contributed by atoms with E-state index in [0.29, 0.717) is 5.69 Å². The number of carbonyl (C=O) groups excluding carboxylic acids is 1. The van der Waals surface area contributed by atoms with E-state index in [1.165, 1.54) is 23.9 Å². The smallest absolute Gasteiger partial charge is 0.235 e. The molecule has 0 aromatic heterocycles. The minimum absolute atomic E-state index is 0.0854. The Hall–Kier alpha value is -1.23. The van der Waals surface area contributed by atoms with Gasteiger partial charge in [0, 0.05) is 24.2 Å². The first-order valence-electron chi connectivity index (χ1n) is 5.04. The number of carbonyl (C=O) groups is 1. The molecule has 1 atom stereocenters. The first kappa shape index (κ1) is 11.3. The predicted molar refractivity (Wildman–Crippen MR) is 62.7 cm³/mol. The van der Waals surface area contributed by atoms with Crippen molar-refractivity contribution in [2.24, 2.45) is 0 Å². The fourth-order valence-corrected chi connectivity index (χ4v) is 2.83. The van der Waals surface area contributed by atoms with Gasteiger partial charge in [-0.05, 0) is 24.6 Å². The van der Waals surface area contributed by atoms with Crippen molar-refractivity contribution in [3.05, 3.63) is 24.0 Å². The van der Waals surface area contributed by atoms with Crippen LogP contribution in [-0.2, 0) is 4.79 Å². The SMILES string of the molecule is CN1CC[C@@H](Sc2ccc(F)cc2N)C1=O. The lowest BCUT2D eigenvalue weighted by atomic mass is 10.3. The minimum Gasteiger partial charge on any atom is -0.398 e. The lowest BCUT2D eigenvalue weighted by molar-refractivity contribution is -0.126. The van der Waals surface area contributed by atoms with Crippen LogP contribution in [0, 0.1) is 5.82 Å². The van der Waals surface area contributed by atoms with Gasteiger partial charge in [0.1, 0.15) is 5.82 Å². The Bertz CT molecular complexity index is 424. The third-order valence-corrected chi connectivity index (χ3v) is 3.97. The highest BCUT2D eigenvalue weighted by Gasteiger charge is 2.30.